The summed E-state index contributed by atoms with van der Waals surface area (Å²) in [6.07, 6.45) is 2.88. The quantitative estimate of drug-likeness (QED) is 0.681. The molecule has 1 aromatic heterocycles. The van der Waals surface area contributed by atoms with E-state index in [2.05, 4.69) is 29.2 Å². The second-order valence-corrected chi connectivity index (χ2v) is 5.49. The Morgan fingerprint density at radius 2 is 1.65 bits per heavy atom. The fourth-order valence-electron chi connectivity index (χ4n) is 2.47. The first kappa shape index (κ1) is 15.3. The van der Waals surface area contributed by atoms with Crippen molar-refractivity contribution in [3.05, 3.63) is 65.5 Å². The van der Waals surface area contributed by atoms with Crippen molar-refractivity contribution in [3.8, 4) is 17.2 Å². The Hall–Kier alpha value is -2.62. The summed E-state index contributed by atoms with van der Waals surface area (Å²) in [6, 6.07) is 16.2. The zero-order valence-corrected chi connectivity index (χ0v) is 13.5. The van der Waals surface area contributed by atoms with Gasteiger partial charge in [-0.15, -0.1) is 0 Å². The van der Waals surface area contributed by atoms with E-state index in [1.165, 1.54) is 5.56 Å². The van der Waals surface area contributed by atoms with E-state index in [4.69, 9.17) is 9.26 Å². The molecule has 23 heavy (non-hydrogen) atoms. The predicted molar refractivity (Wildman–Crippen MR) is 89.5 cm³/mol. The molecule has 118 valence electrons. The molecule has 0 aliphatic rings. The molecule has 2 aromatic carbocycles. The van der Waals surface area contributed by atoms with Crippen LogP contribution >= 0.6 is 0 Å². The molecule has 3 rings (SSSR count). The number of nitrogens with zero attached hydrogens (tertiary/aromatic N) is 2. The number of rotatable bonds is 6. The van der Waals surface area contributed by atoms with Crippen LogP contribution in [0.15, 0.2) is 53.1 Å². The van der Waals surface area contributed by atoms with Gasteiger partial charge in [0.25, 0.3) is 5.89 Å². The summed E-state index contributed by atoms with van der Waals surface area (Å²) < 4.78 is 10.5. The molecular formula is C19H20N2O2. The van der Waals surface area contributed by atoms with Gasteiger partial charge in [-0.1, -0.05) is 42.8 Å². The second-order valence-electron chi connectivity index (χ2n) is 5.49. The monoisotopic (exact) mass is 308 g/mol. The van der Waals surface area contributed by atoms with E-state index in [9.17, 15) is 0 Å². The lowest BCUT2D eigenvalue weighted by molar-refractivity contribution is 0.414. The molecule has 4 heteroatoms. The number of hydrogen-bond acceptors (Lipinski definition) is 4. The fourth-order valence-corrected chi connectivity index (χ4v) is 2.47. The summed E-state index contributed by atoms with van der Waals surface area (Å²) in [5.41, 5.74) is 3.41. The van der Waals surface area contributed by atoms with Gasteiger partial charge in [0.2, 0.25) is 0 Å². The van der Waals surface area contributed by atoms with E-state index >= 15 is 0 Å². The highest BCUT2D eigenvalue weighted by molar-refractivity contribution is 5.53. The third kappa shape index (κ3) is 3.77. The average Bonchev–Trinajstić information content (AvgIpc) is 3.05. The van der Waals surface area contributed by atoms with Crippen LogP contribution in [0.1, 0.15) is 30.3 Å². The van der Waals surface area contributed by atoms with Crippen LogP contribution in [0.4, 0.5) is 0 Å². The number of methoxy groups -OCH3 is 1. The molecule has 0 saturated heterocycles. The van der Waals surface area contributed by atoms with Crippen LogP contribution in [0.2, 0.25) is 0 Å². The minimum Gasteiger partial charge on any atom is -0.497 e. The molecule has 0 aliphatic heterocycles. The van der Waals surface area contributed by atoms with E-state index in [-0.39, 0.29) is 0 Å². The smallest absolute Gasteiger partial charge is 0.257 e. The molecule has 0 saturated carbocycles. The summed E-state index contributed by atoms with van der Waals surface area (Å²) in [7, 11) is 1.66. The Morgan fingerprint density at radius 1 is 0.957 bits per heavy atom. The Balaban J connectivity index is 1.71. The largest absolute Gasteiger partial charge is 0.497 e. The van der Waals surface area contributed by atoms with Crippen LogP contribution in [0.3, 0.4) is 0 Å². The van der Waals surface area contributed by atoms with Gasteiger partial charge in [-0.2, -0.15) is 4.98 Å². The van der Waals surface area contributed by atoms with Crippen LogP contribution in [0, 0.1) is 0 Å². The predicted octanol–water partition coefficient (Wildman–Crippen LogP) is 4.29. The van der Waals surface area contributed by atoms with E-state index in [1.54, 1.807) is 7.11 Å². The zero-order chi connectivity index (χ0) is 16.1. The molecule has 0 spiro atoms. The van der Waals surface area contributed by atoms with Crippen molar-refractivity contribution < 1.29 is 9.26 Å². The minimum absolute atomic E-state index is 0.566. The van der Waals surface area contributed by atoms with Gasteiger partial charge in [-0.25, -0.2) is 0 Å². The standard InChI is InChI=1S/C19H20N2O2/c1-3-4-14-5-9-16(10-6-14)19-20-18(21-23-19)13-15-7-11-17(22-2)12-8-15/h5-12H,3-4,13H2,1-2H3. The summed E-state index contributed by atoms with van der Waals surface area (Å²) in [5, 5.41) is 4.07. The van der Waals surface area contributed by atoms with Crippen molar-refractivity contribution in [2.75, 3.05) is 7.11 Å². The van der Waals surface area contributed by atoms with Crippen LogP contribution in [0.5, 0.6) is 5.75 Å². The van der Waals surface area contributed by atoms with E-state index < -0.39 is 0 Å². The Bertz CT molecular complexity index is 746. The molecule has 4 nitrogen and oxygen atoms in total. The molecule has 0 bridgehead atoms. The third-order valence-corrected chi connectivity index (χ3v) is 3.73. The fraction of sp³-hybridized carbons (Fsp3) is 0.263. The molecular weight excluding hydrogens is 288 g/mol. The molecule has 0 unspecified atom stereocenters. The molecule has 1 heterocycles. The van der Waals surface area contributed by atoms with Gasteiger partial charge in [0.05, 0.1) is 7.11 Å². The lowest BCUT2D eigenvalue weighted by Crippen LogP contribution is -1.91. The highest BCUT2D eigenvalue weighted by atomic mass is 16.5. The van der Waals surface area contributed by atoms with Crippen molar-refractivity contribution in [1.29, 1.82) is 0 Å². The second kappa shape index (κ2) is 7.09. The van der Waals surface area contributed by atoms with Gasteiger partial charge in [0, 0.05) is 12.0 Å². The van der Waals surface area contributed by atoms with Gasteiger partial charge >= 0.3 is 0 Å². The topological polar surface area (TPSA) is 48.2 Å². The molecule has 0 fully saturated rings. The van der Waals surface area contributed by atoms with Crippen LogP contribution in [-0.4, -0.2) is 17.3 Å². The van der Waals surface area contributed by atoms with Crippen LogP contribution < -0.4 is 4.74 Å². The first-order valence-electron chi connectivity index (χ1n) is 7.83. The first-order chi connectivity index (χ1) is 11.3. The molecule has 0 aliphatic carbocycles. The number of aryl methyl sites for hydroxylation is 1. The normalized spacial score (nSPS) is 10.7. The summed E-state index contributed by atoms with van der Waals surface area (Å²) in [6.45, 7) is 2.18. The van der Waals surface area contributed by atoms with Crippen molar-refractivity contribution >= 4 is 0 Å². The highest BCUT2D eigenvalue weighted by Gasteiger charge is 2.09. The molecule has 0 N–H and O–H groups in total. The Kier molecular flexibility index (Phi) is 4.71. The summed E-state index contributed by atoms with van der Waals surface area (Å²) in [5.74, 6) is 2.09. The van der Waals surface area contributed by atoms with Gasteiger partial charge in [-0.05, 0) is 41.8 Å². The lowest BCUT2D eigenvalue weighted by atomic mass is 10.1. The number of hydrogen-bond donors (Lipinski definition) is 0. The van der Waals surface area contributed by atoms with Crippen molar-refractivity contribution in [2.24, 2.45) is 0 Å². The Labute approximate surface area is 136 Å². The first-order valence-corrected chi connectivity index (χ1v) is 7.83. The van der Waals surface area contributed by atoms with Crippen molar-refractivity contribution in [3.63, 3.8) is 0 Å². The maximum atomic E-state index is 5.38. The molecule has 0 radical (unpaired) electrons. The van der Waals surface area contributed by atoms with E-state index in [0.717, 1.165) is 29.7 Å². The number of benzene rings is 2. The summed E-state index contributed by atoms with van der Waals surface area (Å²) >= 11 is 0. The number of aromatic nitrogens is 2. The third-order valence-electron chi connectivity index (χ3n) is 3.73. The van der Waals surface area contributed by atoms with Crippen molar-refractivity contribution in [2.45, 2.75) is 26.2 Å². The maximum Gasteiger partial charge on any atom is 0.257 e. The van der Waals surface area contributed by atoms with Gasteiger partial charge in [0.1, 0.15) is 5.75 Å². The van der Waals surface area contributed by atoms with Crippen molar-refractivity contribution in [1.82, 2.24) is 10.1 Å². The molecule has 0 atom stereocenters. The molecule has 0 amide bonds. The van der Waals surface area contributed by atoms with E-state index in [0.29, 0.717) is 18.1 Å². The lowest BCUT2D eigenvalue weighted by Gasteiger charge is -2.00. The van der Waals surface area contributed by atoms with Crippen LogP contribution in [0.25, 0.3) is 11.5 Å². The Morgan fingerprint density at radius 3 is 2.30 bits per heavy atom. The van der Waals surface area contributed by atoms with Crippen LogP contribution in [-0.2, 0) is 12.8 Å². The average molecular weight is 308 g/mol. The van der Waals surface area contributed by atoms with E-state index in [1.807, 2.05) is 36.4 Å². The van der Waals surface area contributed by atoms with Gasteiger partial charge in [0.15, 0.2) is 5.82 Å². The maximum absolute atomic E-state index is 5.38. The zero-order valence-electron chi connectivity index (χ0n) is 13.5. The number of ether oxygens (including phenoxy) is 1. The van der Waals surface area contributed by atoms with Gasteiger partial charge < -0.3 is 9.26 Å². The molecule has 3 aromatic rings. The highest BCUT2D eigenvalue weighted by Crippen LogP contribution is 2.20. The SMILES string of the molecule is CCCc1ccc(-c2nc(Cc3ccc(OC)cc3)no2)cc1. The summed E-state index contributed by atoms with van der Waals surface area (Å²) in [4.78, 5) is 4.48. The van der Waals surface area contributed by atoms with Gasteiger partial charge in [-0.3, -0.25) is 0 Å². The minimum atomic E-state index is 0.566.